The Morgan fingerprint density at radius 1 is 0.444 bits per heavy atom. The Bertz CT molecular complexity index is 3750. The number of hydrogen-bond acceptors (Lipinski definition) is 5. The van der Waals surface area contributed by atoms with E-state index in [1.165, 1.54) is 46.4 Å². The van der Waals surface area contributed by atoms with E-state index in [0.717, 1.165) is 70.6 Å². The van der Waals surface area contributed by atoms with Crippen molar-refractivity contribution in [3.05, 3.63) is 152 Å². The van der Waals surface area contributed by atoms with Crippen molar-refractivity contribution in [3.8, 4) is 17.2 Å². The van der Waals surface area contributed by atoms with E-state index in [4.69, 9.17) is 14.4 Å². The number of hydrogen-bond donors (Lipinski definition) is 0. The molecule has 4 nitrogen and oxygen atoms in total. The first-order valence-corrected chi connectivity index (χ1v) is 19.7. The molecular formula is C48H25N3OS2. The SMILES string of the molecule is c1ccc2c(c1)oc1cc(-c3nc(-n4c5ccccc5c5c6ccccc6c6c7ccccc7sc6c54)nc4c3sc3ccccc34)c3ccccc3c12. The van der Waals surface area contributed by atoms with Crippen LogP contribution in [0.1, 0.15) is 0 Å². The molecule has 0 amide bonds. The molecule has 13 aromatic rings. The summed E-state index contributed by atoms with van der Waals surface area (Å²) in [5.41, 5.74) is 6.89. The lowest BCUT2D eigenvalue weighted by atomic mass is 9.97. The Labute approximate surface area is 314 Å². The van der Waals surface area contributed by atoms with Crippen LogP contribution in [0, 0.1) is 0 Å². The molecule has 250 valence electrons. The summed E-state index contributed by atoms with van der Waals surface area (Å²) in [5.74, 6) is 0.662. The summed E-state index contributed by atoms with van der Waals surface area (Å²) in [6.07, 6.45) is 0. The van der Waals surface area contributed by atoms with Crippen LogP contribution in [0.4, 0.5) is 0 Å². The number of fused-ring (bicyclic) bond motifs is 18. The van der Waals surface area contributed by atoms with E-state index in [1.54, 1.807) is 11.3 Å². The van der Waals surface area contributed by atoms with Gasteiger partial charge in [-0.1, -0.05) is 121 Å². The molecule has 0 aliphatic carbocycles. The van der Waals surface area contributed by atoms with Gasteiger partial charge in [0.05, 0.1) is 31.6 Å². The number of nitrogens with zero attached hydrogens (tertiary/aromatic N) is 3. The normalized spacial score (nSPS) is 12.4. The topological polar surface area (TPSA) is 43.9 Å². The molecule has 0 saturated heterocycles. The van der Waals surface area contributed by atoms with E-state index >= 15 is 0 Å². The van der Waals surface area contributed by atoms with Crippen LogP contribution in [0.3, 0.4) is 0 Å². The van der Waals surface area contributed by atoms with E-state index in [2.05, 4.69) is 150 Å². The molecule has 0 saturated carbocycles. The zero-order valence-electron chi connectivity index (χ0n) is 28.5. The lowest BCUT2D eigenvalue weighted by Gasteiger charge is -2.13. The van der Waals surface area contributed by atoms with Crippen LogP contribution in [-0.4, -0.2) is 14.5 Å². The van der Waals surface area contributed by atoms with E-state index in [9.17, 15) is 0 Å². The lowest BCUT2D eigenvalue weighted by Crippen LogP contribution is -2.03. The molecule has 0 fully saturated rings. The molecule has 0 radical (unpaired) electrons. The minimum absolute atomic E-state index is 0.662. The number of furan rings is 1. The summed E-state index contributed by atoms with van der Waals surface area (Å²) in [6.45, 7) is 0. The summed E-state index contributed by atoms with van der Waals surface area (Å²) in [5, 5.41) is 13.2. The number of benzene rings is 8. The molecule has 0 aliphatic heterocycles. The van der Waals surface area contributed by atoms with Crippen LogP contribution in [0.15, 0.2) is 156 Å². The standard InChI is InChI=1S/C48H25N3OS2/c1-2-14-27-26(13-1)34(25-37-40(27)31-18-6-10-22-36(31)52-37)44-47-43(33-20-8-12-24-39(33)54-47)49-48(50-44)51-35-21-9-5-17-30(35)41-28-15-3-4-16-29(28)42-32-19-7-11-23-38(32)53-46(42)45(41)51/h1-25H. The highest BCUT2D eigenvalue weighted by atomic mass is 32.1. The van der Waals surface area contributed by atoms with E-state index in [0.29, 0.717) is 5.95 Å². The second-order valence-corrected chi connectivity index (χ2v) is 16.1. The van der Waals surface area contributed by atoms with Gasteiger partial charge in [0.25, 0.3) is 0 Å². The quantitative estimate of drug-likeness (QED) is 0.178. The molecule has 8 aromatic carbocycles. The van der Waals surface area contributed by atoms with Crippen molar-refractivity contribution in [3.63, 3.8) is 0 Å². The Morgan fingerprint density at radius 2 is 1.02 bits per heavy atom. The maximum atomic E-state index is 6.59. The molecule has 13 rings (SSSR count). The van der Waals surface area contributed by atoms with Gasteiger partial charge in [0, 0.05) is 52.7 Å². The van der Waals surface area contributed by atoms with Crippen LogP contribution < -0.4 is 0 Å². The van der Waals surface area contributed by atoms with Gasteiger partial charge in [-0.2, -0.15) is 0 Å². The van der Waals surface area contributed by atoms with Gasteiger partial charge in [-0.05, 0) is 51.9 Å². The third-order valence-electron chi connectivity index (χ3n) is 11.2. The first-order valence-electron chi connectivity index (χ1n) is 18.1. The Kier molecular flexibility index (Phi) is 5.63. The highest BCUT2D eigenvalue weighted by Gasteiger charge is 2.26. The van der Waals surface area contributed by atoms with Crippen molar-refractivity contribution in [1.29, 1.82) is 0 Å². The summed E-state index contributed by atoms with van der Waals surface area (Å²) in [6, 6.07) is 54.2. The Balaban J connectivity index is 1.24. The van der Waals surface area contributed by atoms with Crippen molar-refractivity contribution >= 4 is 128 Å². The fraction of sp³-hybridized carbons (Fsp3) is 0. The molecule has 0 atom stereocenters. The molecule has 0 bridgehead atoms. The zero-order chi connectivity index (χ0) is 35.1. The Hall–Kier alpha value is -6.60. The van der Waals surface area contributed by atoms with Crippen LogP contribution in [-0.2, 0) is 0 Å². The number of aromatic nitrogens is 3. The summed E-state index contributed by atoms with van der Waals surface area (Å²) >= 11 is 3.62. The molecule has 5 aromatic heterocycles. The van der Waals surface area contributed by atoms with Gasteiger partial charge < -0.3 is 4.42 Å². The largest absolute Gasteiger partial charge is 0.456 e. The smallest absolute Gasteiger partial charge is 0.235 e. The van der Waals surface area contributed by atoms with E-state index in [-0.39, 0.29) is 0 Å². The highest BCUT2D eigenvalue weighted by molar-refractivity contribution is 7.27. The van der Waals surface area contributed by atoms with Crippen molar-refractivity contribution in [2.75, 3.05) is 0 Å². The number of para-hydroxylation sites is 2. The van der Waals surface area contributed by atoms with E-state index in [1.807, 2.05) is 17.4 Å². The van der Waals surface area contributed by atoms with Crippen molar-refractivity contribution in [1.82, 2.24) is 14.5 Å². The van der Waals surface area contributed by atoms with Gasteiger partial charge >= 0.3 is 0 Å². The van der Waals surface area contributed by atoms with E-state index < -0.39 is 0 Å². The molecule has 6 heteroatoms. The minimum Gasteiger partial charge on any atom is -0.456 e. The molecule has 0 unspecified atom stereocenters. The molecule has 5 heterocycles. The van der Waals surface area contributed by atoms with Crippen LogP contribution >= 0.6 is 22.7 Å². The molecular weight excluding hydrogens is 699 g/mol. The summed E-state index contributed by atoms with van der Waals surface area (Å²) < 4.78 is 13.7. The predicted octanol–water partition coefficient (Wildman–Crippen LogP) is 14.2. The third kappa shape index (κ3) is 3.71. The second kappa shape index (κ2) is 10.5. The number of rotatable bonds is 2. The van der Waals surface area contributed by atoms with Crippen molar-refractivity contribution in [2.45, 2.75) is 0 Å². The third-order valence-corrected chi connectivity index (χ3v) is 13.5. The van der Waals surface area contributed by atoms with Gasteiger partial charge in [-0.25, -0.2) is 9.97 Å². The van der Waals surface area contributed by atoms with Crippen molar-refractivity contribution in [2.24, 2.45) is 0 Å². The zero-order valence-corrected chi connectivity index (χ0v) is 30.1. The maximum Gasteiger partial charge on any atom is 0.235 e. The first kappa shape index (κ1) is 28.9. The maximum absolute atomic E-state index is 6.59. The summed E-state index contributed by atoms with van der Waals surface area (Å²) in [4.78, 5) is 11.2. The fourth-order valence-corrected chi connectivity index (χ4v) is 11.4. The Morgan fingerprint density at radius 3 is 1.81 bits per heavy atom. The van der Waals surface area contributed by atoms with Crippen LogP contribution in [0.5, 0.6) is 0 Å². The average molecular weight is 724 g/mol. The summed E-state index contributed by atoms with van der Waals surface area (Å²) in [7, 11) is 0. The number of thiophene rings is 2. The fourth-order valence-electron chi connectivity index (χ4n) is 8.98. The molecule has 54 heavy (non-hydrogen) atoms. The second-order valence-electron chi connectivity index (χ2n) is 14.0. The molecule has 0 aliphatic rings. The average Bonchev–Trinajstić information content (AvgIpc) is 3.99. The van der Waals surface area contributed by atoms with Gasteiger partial charge in [0.2, 0.25) is 5.95 Å². The first-order chi connectivity index (χ1) is 26.8. The monoisotopic (exact) mass is 723 g/mol. The van der Waals surface area contributed by atoms with Crippen molar-refractivity contribution < 1.29 is 4.42 Å². The van der Waals surface area contributed by atoms with Gasteiger partial charge in [0.15, 0.2) is 0 Å². The highest BCUT2D eigenvalue weighted by Crippen LogP contribution is 2.49. The predicted molar refractivity (Wildman–Crippen MR) is 230 cm³/mol. The molecule has 0 spiro atoms. The minimum atomic E-state index is 0.662. The van der Waals surface area contributed by atoms with Gasteiger partial charge in [-0.15, -0.1) is 22.7 Å². The van der Waals surface area contributed by atoms with Crippen LogP contribution in [0.25, 0.3) is 123 Å². The molecule has 0 N–H and O–H groups in total. The lowest BCUT2D eigenvalue weighted by molar-refractivity contribution is 0.669. The van der Waals surface area contributed by atoms with Crippen LogP contribution in [0.2, 0.25) is 0 Å². The van der Waals surface area contributed by atoms with Gasteiger partial charge in [-0.3, -0.25) is 4.57 Å². The van der Waals surface area contributed by atoms with Gasteiger partial charge in [0.1, 0.15) is 11.2 Å².